The standard InChI is InChI=1S/C21H20ClNO4/c1-23(12-18(24)15-4-8-20-21(10-15)26-13-25-20)11-17-7-9-19(27-17)14-2-5-16(22)6-3-14/h2-10,18,24H,11-13H2,1H3/t18-/m1/s1. The van der Waals surface area contributed by atoms with Crippen molar-refractivity contribution in [2.45, 2.75) is 12.6 Å². The first-order valence-corrected chi connectivity index (χ1v) is 9.07. The summed E-state index contributed by atoms with van der Waals surface area (Å²) >= 11 is 5.93. The van der Waals surface area contributed by atoms with Crippen molar-refractivity contribution in [3.8, 4) is 22.8 Å². The molecule has 0 saturated carbocycles. The smallest absolute Gasteiger partial charge is 0.231 e. The minimum absolute atomic E-state index is 0.225. The third-order valence-corrected chi connectivity index (χ3v) is 4.73. The zero-order valence-corrected chi connectivity index (χ0v) is 15.6. The van der Waals surface area contributed by atoms with Gasteiger partial charge in [0.05, 0.1) is 12.6 Å². The highest BCUT2D eigenvalue weighted by Crippen LogP contribution is 2.34. The molecule has 0 amide bonds. The largest absolute Gasteiger partial charge is 0.460 e. The molecule has 2 heterocycles. The van der Waals surface area contributed by atoms with Crippen LogP contribution >= 0.6 is 11.6 Å². The van der Waals surface area contributed by atoms with Crippen LogP contribution in [0.15, 0.2) is 59.0 Å². The molecule has 0 fully saturated rings. The van der Waals surface area contributed by atoms with Crippen LogP contribution in [0.1, 0.15) is 17.4 Å². The van der Waals surface area contributed by atoms with E-state index in [1.807, 2.05) is 66.5 Å². The van der Waals surface area contributed by atoms with E-state index in [9.17, 15) is 5.11 Å². The zero-order chi connectivity index (χ0) is 18.8. The van der Waals surface area contributed by atoms with Crippen LogP contribution in [-0.2, 0) is 6.54 Å². The lowest BCUT2D eigenvalue weighted by Gasteiger charge is -2.20. The lowest BCUT2D eigenvalue weighted by atomic mass is 10.1. The van der Waals surface area contributed by atoms with E-state index in [2.05, 4.69) is 0 Å². The molecule has 0 bridgehead atoms. The molecule has 2 aromatic carbocycles. The fourth-order valence-electron chi connectivity index (χ4n) is 3.08. The number of aliphatic hydroxyl groups is 1. The lowest BCUT2D eigenvalue weighted by molar-refractivity contribution is 0.120. The van der Waals surface area contributed by atoms with E-state index >= 15 is 0 Å². The molecule has 1 N–H and O–H groups in total. The van der Waals surface area contributed by atoms with E-state index in [1.165, 1.54) is 0 Å². The number of ether oxygens (including phenoxy) is 2. The highest BCUT2D eigenvalue weighted by molar-refractivity contribution is 6.30. The Kier molecular flexibility index (Phi) is 5.07. The maximum Gasteiger partial charge on any atom is 0.231 e. The highest BCUT2D eigenvalue weighted by Gasteiger charge is 2.18. The van der Waals surface area contributed by atoms with Crippen molar-refractivity contribution in [2.75, 3.05) is 20.4 Å². The fourth-order valence-corrected chi connectivity index (χ4v) is 3.21. The third kappa shape index (κ3) is 4.11. The Morgan fingerprint density at radius 1 is 1.04 bits per heavy atom. The quantitative estimate of drug-likeness (QED) is 0.677. The van der Waals surface area contributed by atoms with Crippen LogP contribution < -0.4 is 9.47 Å². The summed E-state index contributed by atoms with van der Waals surface area (Å²) in [4.78, 5) is 2.01. The first-order chi connectivity index (χ1) is 13.1. The number of halogens is 1. The van der Waals surface area contributed by atoms with Gasteiger partial charge in [-0.3, -0.25) is 4.90 Å². The summed E-state index contributed by atoms with van der Waals surface area (Å²) in [6.45, 7) is 1.29. The molecule has 4 rings (SSSR count). The van der Waals surface area contributed by atoms with Crippen molar-refractivity contribution in [3.63, 3.8) is 0 Å². The Morgan fingerprint density at radius 3 is 2.63 bits per heavy atom. The molecule has 1 aliphatic rings. The summed E-state index contributed by atoms with van der Waals surface area (Å²) in [5.41, 5.74) is 1.78. The number of likely N-dealkylation sites (N-methyl/N-ethyl adjacent to an activating group) is 1. The number of aliphatic hydroxyl groups excluding tert-OH is 1. The molecule has 0 unspecified atom stereocenters. The normalized spacial score (nSPS) is 13.9. The topological polar surface area (TPSA) is 55.1 Å². The predicted octanol–water partition coefficient (Wildman–Crippen LogP) is 4.49. The first-order valence-electron chi connectivity index (χ1n) is 8.69. The van der Waals surface area contributed by atoms with Crippen LogP contribution in [0.25, 0.3) is 11.3 Å². The van der Waals surface area contributed by atoms with Gasteiger partial charge in [-0.1, -0.05) is 17.7 Å². The van der Waals surface area contributed by atoms with Gasteiger partial charge >= 0.3 is 0 Å². The number of rotatable bonds is 6. The fraction of sp³-hybridized carbons (Fsp3) is 0.238. The van der Waals surface area contributed by atoms with Crippen molar-refractivity contribution in [1.29, 1.82) is 0 Å². The van der Waals surface area contributed by atoms with Gasteiger partial charge in [-0.2, -0.15) is 0 Å². The maximum absolute atomic E-state index is 10.5. The van der Waals surface area contributed by atoms with Gasteiger partial charge in [0, 0.05) is 17.1 Å². The van der Waals surface area contributed by atoms with Gasteiger partial charge < -0.3 is 19.0 Å². The molecule has 1 aromatic heterocycles. The van der Waals surface area contributed by atoms with Crippen molar-refractivity contribution >= 4 is 11.6 Å². The molecular weight excluding hydrogens is 366 g/mol. The van der Waals surface area contributed by atoms with Gasteiger partial charge in [-0.05, 0) is 61.1 Å². The molecule has 0 saturated heterocycles. The monoisotopic (exact) mass is 385 g/mol. The van der Waals surface area contributed by atoms with Gasteiger partial charge in [-0.25, -0.2) is 0 Å². The molecule has 0 spiro atoms. The third-order valence-electron chi connectivity index (χ3n) is 4.48. The average Bonchev–Trinajstić information content (AvgIpc) is 3.30. The van der Waals surface area contributed by atoms with Crippen LogP contribution in [0.5, 0.6) is 11.5 Å². The second-order valence-corrected chi connectivity index (χ2v) is 7.03. The number of furan rings is 1. The number of nitrogens with zero attached hydrogens (tertiary/aromatic N) is 1. The Labute approximate surface area is 162 Å². The Balaban J connectivity index is 1.38. The van der Waals surface area contributed by atoms with Gasteiger partial charge in [0.15, 0.2) is 11.5 Å². The van der Waals surface area contributed by atoms with Gasteiger partial charge in [0.1, 0.15) is 11.5 Å². The Morgan fingerprint density at radius 2 is 1.81 bits per heavy atom. The zero-order valence-electron chi connectivity index (χ0n) is 14.9. The number of fused-ring (bicyclic) bond motifs is 1. The summed E-state index contributed by atoms with van der Waals surface area (Å²) in [5, 5.41) is 11.2. The molecule has 6 heteroatoms. The molecule has 0 radical (unpaired) electrons. The lowest BCUT2D eigenvalue weighted by Crippen LogP contribution is -2.24. The molecule has 3 aromatic rings. The SMILES string of the molecule is CN(Cc1ccc(-c2ccc(Cl)cc2)o1)C[C@@H](O)c1ccc2c(c1)OCO2. The summed E-state index contributed by atoms with van der Waals surface area (Å²) in [6.07, 6.45) is -0.629. The van der Waals surface area contributed by atoms with E-state index in [-0.39, 0.29) is 6.79 Å². The maximum atomic E-state index is 10.5. The van der Waals surface area contributed by atoms with Gasteiger partial charge in [-0.15, -0.1) is 0 Å². The Bertz CT molecular complexity index is 922. The number of hydrogen-bond donors (Lipinski definition) is 1. The second-order valence-electron chi connectivity index (χ2n) is 6.60. The molecule has 27 heavy (non-hydrogen) atoms. The van der Waals surface area contributed by atoms with E-state index in [1.54, 1.807) is 0 Å². The van der Waals surface area contributed by atoms with E-state index < -0.39 is 6.10 Å². The minimum atomic E-state index is -0.629. The summed E-state index contributed by atoms with van der Waals surface area (Å²) in [6, 6.07) is 16.9. The first kappa shape index (κ1) is 17.9. The van der Waals surface area contributed by atoms with E-state index in [0.717, 1.165) is 22.6 Å². The van der Waals surface area contributed by atoms with Crippen LogP contribution in [0.2, 0.25) is 5.02 Å². The molecule has 5 nitrogen and oxygen atoms in total. The molecule has 1 atom stereocenters. The predicted molar refractivity (Wildman–Crippen MR) is 103 cm³/mol. The minimum Gasteiger partial charge on any atom is -0.460 e. The summed E-state index contributed by atoms with van der Waals surface area (Å²) < 4.78 is 16.6. The van der Waals surface area contributed by atoms with Crippen molar-refractivity contribution in [2.24, 2.45) is 0 Å². The van der Waals surface area contributed by atoms with Crippen LogP contribution in [-0.4, -0.2) is 30.4 Å². The van der Waals surface area contributed by atoms with Crippen molar-refractivity contribution < 1.29 is 19.0 Å². The van der Waals surface area contributed by atoms with Crippen LogP contribution in [0.3, 0.4) is 0 Å². The van der Waals surface area contributed by atoms with E-state index in [4.69, 9.17) is 25.5 Å². The van der Waals surface area contributed by atoms with Crippen LogP contribution in [0, 0.1) is 0 Å². The van der Waals surface area contributed by atoms with Crippen LogP contribution in [0.4, 0.5) is 0 Å². The molecule has 0 aliphatic carbocycles. The number of benzene rings is 2. The molecular formula is C21H20ClNO4. The van der Waals surface area contributed by atoms with Gasteiger partial charge in [0.25, 0.3) is 0 Å². The number of hydrogen-bond acceptors (Lipinski definition) is 5. The summed E-state index contributed by atoms with van der Waals surface area (Å²) in [5.74, 6) is 3.02. The highest BCUT2D eigenvalue weighted by atomic mass is 35.5. The Hall–Kier alpha value is -2.47. The average molecular weight is 386 g/mol. The summed E-state index contributed by atoms with van der Waals surface area (Å²) in [7, 11) is 1.95. The molecule has 140 valence electrons. The van der Waals surface area contributed by atoms with Gasteiger partial charge in [0.2, 0.25) is 6.79 Å². The second kappa shape index (κ2) is 7.64. The van der Waals surface area contributed by atoms with Crippen molar-refractivity contribution in [1.82, 2.24) is 4.90 Å². The van der Waals surface area contributed by atoms with Crippen molar-refractivity contribution in [3.05, 3.63) is 70.9 Å². The molecule has 1 aliphatic heterocycles. The van der Waals surface area contributed by atoms with E-state index in [0.29, 0.717) is 29.6 Å².